The largest absolute Gasteiger partial charge is 0.268 e. The van der Waals surface area contributed by atoms with Crippen molar-refractivity contribution in [2.45, 2.75) is 44.2 Å². The molecule has 0 radical (unpaired) electrons. The molecule has 0 fully saturated rings. The van der Waals surface area contributed by atoms with E-state index in [4.69, 9.17) is 4.98 Å². The van der Waals surface area contributed by atoms with Crippen molar-refractivity contribution in [3.8, 4) is 11.3 Å². The lowest BCUT2D eigenvalue weighted by Gasteiger charge is -2.34. The molecule has 2 heterocycles. The number of thioether (sulfide) groups is 1. The second-order valence-electron chi connectivity index (χ2n) is 6.49. The fourth-order valence-electron chi connectivity index (χ4n) is 3.60. The maximum absolute atomic E-state index is 13.4. The van der Waals surface area contributed by atoms with Crippen LogP contribution < -0.4 is 5.56 Å². The molecule has 6 heteroatoms. The van der Waals surface area contributed by atoms with Gasteiger partial charge in [0.15, 0.2) is 5.16 Å². The Morgan fingerprint density at radius 2 is 2.12 bits per heavy atom. The Hall–Kier alpha value is -2.08. The normalized spacial score (nSPS) is 19.3. The maximum atomic E-state index is 13.4. The molecule has 0 saturated heterocycles. The Labute approximate surface area is 144 Å². The topological polar surface area (TPSA) is 63.0 Å². The highest BCUT2D eigenvalue weighted by Crippen LogP contribution is 2.42. The molecule has 0 aliphatic heterocycles. The minimum Gasteiger partial charge on any atom is -0.268 e. The molecule has 1 aliphatic carbocycles. The summed E-state index contributed by atoms with van der Waals surface area (Å²) in [6.45, 7) is 6.36. The molecule has 0 unspecified atom stereocenters. The van der Waals surface area contributed by atoms with Gasteiger partial charge in [-0.25, -0.2) is 14.5 Å². The second kappa shape index (κ2) is 5.48. The van der Waals surface area contributed by atoms with E-state index in [-0.39, 0.29) is 11.0 Å². The molecule has 0 bridgehead atoms. The molecule has 1 aliphatic rings. The Kier molecular flexibility index (Phi) is 3.53. The van der Waals surface area contributed by atoms with Gasteiger partial charge in [0, 0.05) is 11.0 Å². The van der Waals surface area contributed by atoms with Crippen molar-refractivity contribution >= 4 is 17.5 Å². The molecule has 1 atom stereocenters. The number of aromatic nitrogens is 4. The van der Waals surface area contributed by atoms with E-state index < -0.39 is 0 Å². The van der Waals surface area contributed by atoms with Crippen LogP contribution in [0.1, 0.15) is 38.3 Å². The zero-order valence-corrected chi connectivity index (χ0v) is 14.9. The fourth-order valence-corrected chi connectivity index (χ4v) is 4.27. The number of nitrogens with zero attached hydrogens (tertiary/aromatic N) is 3. The summed E-state index contributed by atoms with van der Waals surface area (Å²) in [6.07, 6.45) is 1.76. The first kappa shape index (κ1) is 15.4. The average Bonchev–Trinajstić information content (AvgIpc) is 2.98. The SMILES string of the molecule is CCSc1n[nH]c2nc3c(c(=O)n12)[C@@](C)(CC)Cc1ccccc1-3. The van der Waals surface area contributed by atoms with Crippen LogP contribution in [0.5, 0.6) is 0 Å². The fraction of sp³-hybridized carbons (Fsp3) is 0.389. The molecule has 1 N–H and O–H groups in total. The molecule has 4 rings (SSSR count). The lowest BCUT2D eigenvalue weighted by atomic mass is 9.69. The Morgan fingerprint density at radius 1 is 1.33 bits per heavy atom. The summed E-state index contributed by atoms with van der Waals surface area (Å²) in [5.41, 5.74) is 3.76. The van der Waals surface area contributed by atoms with Crippen LogP contribution in [0, 0.1) is 0 Å². The van der Waals surface area contributed by atoms with Crippen LogP contribution in [0.25, 0.3) is 17.0 Å². The summed E-state index contributed by atoms with van der Waals surface area (Å²) in [6, 6.07) is 8.26. The molecule has 1 aromatic carbocycles. The summed E-state index contributed by atoms with van der Waals surface area (Å²) >= 11 is 1.55. The number of hydrogen-bond acceptors (Lipinski definition) is 4. The molecule has 24 heavy (non-hydrogen) atoms. The van der Waals surface area contributed by atoms with Crippen LogP contribution in [0.2, 0.25) is 0 Å². The minimum absolute atomic E-state index is 0.0125. The van der Waals surface area contributed by atoms with Crippen molar-refractivity contribution in [1.29, 1.82) is 0 Å². The number of benzene rings is 1. The summed E-state index contributed by atoms with van der Waals surface area (Å²) in [7, 11) is 0. The summed E-state index contributed by atoms with van der Waals surface area (Å²) in [4.78, 5) is 18.2. The second-order valence-corrected chi connectivity index (χ2v) is 7.72. The van der Waals surface area contributed by atoms with E-state index in [1.54, 1.807) is 16.2 Å². The number of rotatable bonds is 3. The number of H-pyrrole nitrogens is 1. The zero-order chi connectivity index (χ0) is 16.9. The van der Waals surface area contributed by atoms with Gasteiger partial charge in [0.05, 0.1) is 11.3 Å². The summed E-state index contributed by atoms with van der Waals surface area (Å²) in [5.74, 6) is 1.38. The van der Waals surface area contributed by atoms with Gasteiger partial charge in [-0.2, -0.15) is 0 Å². The highest BCUT2D eigenvalue weighted by atomic mass is 32.2. The van der Waals surface area contributed by atoms with Gasteiger partial charge in [-0.3, -0.25) is 4.79 Å². The van der Waals surface area contributed by atoms with Crippen molar-refractivity contribution in [3.05, 3.63) is 45.7 Å². The first-order valence-corrected chi connectivity index (χ1v) is 9.30. The molecule has 0 saturated carbocycles. The third-order valence-electron chi connectivity index (χ3n) is 5.04. The molecule has 3 aromatic rings. The number of fused-ring (bicyclic) bond motifs is 4. The van der Waals surface area contributed by atoms with Gasteiger partial charge < -0.3 is 0 Å². The zero-order valence-electron chi connectivity index (χ0n) is 14.1. The van der Waals surface area contributed by atoms with E-state index in [1.165, 1.54) is 5.56 Å². The molecule has 0 amide bonds. The summed E-state index contributed by atoms with van der Waals surface area (Å²) < 4.78 is 1.63. The van der Waals surface area contributed by atoms with Gasteiger partial charge in [0.25, 0.3) is 5.56 Å². The van der Waals surface area contributed by atoms with Crippen molar-refractivity contribution < 1.29 is 0 Å². The Morgan fingerprint density at radius 3 is 2.88 bits per heavy atom. The van der Waals surface area contributed by atoms with Crippen LogP contribution in [0.3, 0.4) is 0 Å². The van der Waals surface area contributed by atoms with Crippen molar-refractivity contribution in [1.82, 2.24) is 19.6 Å². The Bertz CT molecular complexity index is 990. The van der Waals surface area contributed by atoms with E-state index in [9.17, 15) is 4.79 Å². The van der Waals surface area contributed by atoms with E-state index in [0.717, 1.165) is 35.4 Å². The highest BCUT2D eigenvalue weighted by Gasteiger charge is 2.38. The monoisotopic (exact) mass is 340 g/mol. The van der Waals surface area contributed by atoms with Crippen molar-refractivity contribution in [2.75, 3.05) is 5.75 Å². The standard InChI is InChI=1S/C18H20N4OS/c1-4-18(3)10-11-8-6-7-9-12(11)14-13(18)15(23)22-16(19-14)20-21-17(22)24-5-2/h6-9H,4-5,10H2,1-3H3,(H,19,20)/t18-/m0/s1. The van der Waals surface area contributed by atoms with Crippen LogP contribution >= 0.6 is 11.8 Å². The van der Waals surface area contributed by atoms with Gasteiger partial charge in [0.2, 0.25) is 5.78 Å². The average molecular weight is 340 g/mol. The molecule has 2 aromatic heterocycles. The minimum atomic E-state index is -0.208. The Balaban J connectivity index is 2.11. The first-order chi connectivity index (χ1) is 11.6. The van der Waals surface area contributed by atoms with Crippen LogP contribution in [0.15, 0.2) is 34.2 Å². The first-order valence-electron chi connectivity index (χ1n) is 8.31. The van der Waals surface area contributed by atoms with Crippen LogP contribution in [0.4, 0.5) is 0 Å². The van der Waals surface area contributed by atoms with Crippen molar-refractivity contribution in [3.63, 3.8) is 0 Å². The number of aromatic amines is 1. The van der Waals surface area contributed by atoms with E-state index in [2.05, 4.69) is 49.2 Å². The predicted molar refractivity (Wildman–Crippen MR) is 96.8 cm³/mol. The quantitative estimate of drug-likeness (QED) is 0.742. The number of hydrogen-bond donors (Lipinski definition) is 1. The predicted octanol–water partition coefficient (Wildman–Crippen LogP) is 3.42. The molecule has 5 nitrogen and oxygen atoms in total. The van der Waals surface area contributed by atoms with Crippen LogP contribution in [-0.2, 0) is 11.8 Å². The molecule has 0 spiro atoms. The highest BCUT2D eigenvalue weighted by molar-refractivity contribution is 7.99. The van der Waals surface area contributed by atoms with E-state index in [1.807, 2.05) is 6.07 Å². The number of nitrogens with one attached hydrogen (secondary N) is 1. The van der Waals surface area contributed by atoms with Gasteiger partial charge >= 0.3 is 0 Å². The van der Waals surface area contributed by atoms with Gasteiger partial charge in [-0.15, -0.1) is 5.10 Å². The van der Waals surface area contributed by atoms with Crippen molar-refractivity contribution in [2.24, 2.45) is 0 Å². The van der Waals surface area contributed by atoms with Crippen LogP contribution in [-0.4, -0.2) is 25.3 Å². The maximum Gasteiger partial charge on any atom is 0.265 e. The molecular formula is C18H20N4OS. The van der Waals surface area contributed by atoms with E-state index in [0.29, 0.717) is 10.9 Å². The smallest absolute Gasteiger partial charge is 0.265 e. The van der Waals surface area contributed by atoms with Gasteiger partial charge in [0.1, 0.15) is 0 Å². The lowest BCUT2D eigenvalue weighted by Crippen LogP contribution is -2.37. The molecule has 124 valence electrons. The third kappa shape index (κ3) is 2.05. The lowest BCUT2D eigenvalue weighted by molar-refractivity contribution is 0.439. The van der Waals surface area contributed by atoms with Gasteiger partial charge in [-0.1, -0.05) is 56.8 Å². The third-order valence-corrected chi connectivity index (χ3v) is 5.86. The van der Waals surface area contributed by atoms with Gasteiger partial charge in [-0.05, 0) is 24.2 Å². The molecular weight excluding hydrogens is 320 g/mol. The summed E-state index contributed by atoms with van der Waals surface area (Å²) in [5, 5.41) is 7.89. The van der Waals surface area contributed by atoms with E-state index >= 15 is 0 Å².